The quantitative estimate of drug-likeness (QED) is 0.618. The Morgan fingerprint density at radius 1 is 1.19 bits per heavy atom. The van der Waals surface area contributed by atoms with Crippen molar-refractivity contribution in [1.82, 2.24) is 9.97 Å². The van der Waals surface area contributed by atoms with Gasteiger partial charge in [0.25, 0.3) is 0 Å². The molecule has 0 bridgehead atoms. The summed E-state index contributed by atoms with van der Waals surface area (Å²) in [4.78, 5) is 9.02. The van der Waals surface area contributed by atoms with E-state index in [1.165, 1.54) is 0 Å². The molecule has 1 atom stereocenters. The van der Waals surface area contributed by atoms with Crippen molar-refractivity contribution in [2.45, 2.75) is 39.7 Å². The van der Waals surface area contributed by atoms with Crippen molar-refractivity contribution >= 4 is 22.5 Å². The van der Waals surface area contributed by atoms with Gasteiger partial charge in [-0.2, -0.15) is 0 Å². The minimum Gasteiger partial charge on any atom is -0.490 e. The molecule has 5 heteroatoms. The number of pyridine rings is 2. The number of rotatable bonds is 6. The third-order valence-electron chi connectivity index (χ3n) is 4.47. The lowest BCUT2D eigenvalue weighted by atomic mass is 9.93. The smallest absolute Gasteiger partial charge is 0.140 e. The van der Waals surface area contributed by atoms with Crippen molar-refractivity contribution in [3.05, 3.63) is 53.3 Å². The molecule has 1 aromatic carbocycles. The van der Waals surface area contributed by atoms with Crippen molar-refractivity contribution in [3.63, 3.8) is 0 Å². The zero-order valence-corrected chi connectivity index (χ0v) is 17.0. The van der Waals surface area contributed by atoms with Crippen LogP contribution in [-0.4, -0.2) is 22.1 Å². The summed E-state index contributed by atoms with van der Waals surface area (Å²) in [5.74, 6) is 1.28. The maximum atomic E-state index is 6.35. The lowest BCUT2D eigenvalue weighted by molar-refractivity contribution is 0.205. The van der Waals surface area contributed by atoms with E-state index in [2.05, 4.69) is 23.8 Å². The standard InChI is InChI=1S/C22H26ClN3O/c1-14(2)11-22(4,24)13-27-21-12-26-20(9-15(21)3)17-7-8-25-19-6-5-16(23)10-18(17)19/h5-10,12,14H,11,13,24H2,1-4H3/t22-/m0/s1. The SMILES string of the molecule is Cc1cc(-c2ccnc3ccc(Cl)cc23)ncc1OC[C@@](C)(N)CC(C)C. The molecule has 3 aromatic rings. The van der Waals surface area contributed by atoms with E-state index in [0.29, 0.717) is 17.5 Å². The first-order valence-electron chi connectivity index (χ1n) is 9.18. The number of aromatic nitrogens is 2. The molecule has 0 aliphatic heterocycles. The van der Waals surface area contributed by atoms with Gasteiger partial charge in [0.15, 0.2) is 0 Å². The van der Waals surface area contributed by atoms with Gasteiger partial charge in [0.1, 0.15) is 12.4 Å². The molecule has 0 radical (unpaired) electrons. The Morgan fingerprint density at radius 3 is 2.67 bits per heavy atom. The van der Waals surface area contributed by atoms with Gasteiger partial charge < -0.3 is 10.5 Å². The normalized spacial score (nSPS) is 13.7. The Bertz CT molecular complexity index is 953. The summed E-state index contributed by atoms with van der Waals surface area (Å²) in [5.41, 5.74) is 9.77. The molecule has 0 fully saturated rings. The fourth-order valence-corrected chi connectivity index (χ4v) is 3.59. The molecule has 0 aliphatic carbocycles. The predicted molar refractivity (Wildman–Crippen MR) is 112 cm³/mol. The second-order valence-corrected chi connectivity index (χ2v) is 8.33. The van der Waals surface area contributed by atoms with Crippen LogP contribution >= 0.6 is 11.6 Å². The largest absolute Gasteiger partial charge is 0.490 e. The molecular formula is C22H26ClN3O. The molecule has 27 heavy (non-hydrogen) atoms. The van der Waals surface area contributed by atoms with Gasteiger partial charge in [-0.1, -0.05) is 25.4 Å². The maximum absolute atomic E-state index is 6.35. The van der Waals surface area contributed by atoms with Crippen molar-refractivity contribution in [3.8, 4) is 17.0 Å². The van der Waals surface area contributed by atoms with Crippen LogP contribution in [0.3, 0.4) is 0 Å². The molecule has 0 spiro atoms. The number of aryl methyl sites for hydroxylation is 1. The minimum absolute atomic E-state index is 0.364. The van der Waals surface area contributed by atoms with E-state index < -0.39 is 0 Å². The molecule has 0 saturated carbocycles. The van der Waals surface area contributed by atoms with Gasteiger partial charge in [0.05, 0.1) is 17.4 Å². The van der Waals surface area contributed by atoms with Gasteiger partial charge in [0.2, 0.25) is 0 Å². The van der Waals surface area contributed by atoms with Crippen LogP contribution in [0, 0.1) is 12.8 Å². The first-order valence-corrected chi connectivity index (χ1v) is 9.56. The number of fused-ring (bicyclic) bond motifs is 1. The fourth-order valence-electron chi connectivity index (χ4n) is 3.42. The van der Waals surface area contributed by atoms with Crippen LogP contribution in [0.15, 0.2) is 42.7 Å². The molecule has 2 aromatic heterocycles. The highest BCUT2D eigenvalue weighted by atomic mass is 35.5. The Morgan fingerprint density at radius 2 is 1.96 bits per heavy atom. The summed E-state index contributed by atoms with van der Waals surface area (Å²) < 4.78 is 5.98. The number of hydrogen-bond acceptors (Lipinski definition) is 4. The molecule has 0 amide bonds. The summed E-state index contributed by atoms with van der Waals surface area (Å²) in [7, 11) is 0. The number of nitrogens with two attached hydrogens (primary N) is 1. The molecule has 0 saturated heterocycles. The van der Waals surface area contributed by atoms with Crippen LogP contribution in [0.1, 0.15) is 32.8 Å². The summed E-state index contributed by atoms with van der Waals surface area (Å²) in [5, 5.41) is 1.66. The number of halogens is 1. The summed E-state index contributed by atoms with van der Waals surface area (Å²) in [6.45, 7) is 8.83. The highest BCUT2D eigenvalue weighted by Crippen LogP contribution is 2.30. The molecule has 3 rings (SSSR count). The number of ether oxygens (including phenoxy) is 1. The van der Waals surface area contributed by atoms with Crippen LogP contribution in [0.25, 0.3) is 22.2 Å². The Kier molecular flexibility index (Phi) is 5.68. The monoisotopic (exact) mass is 383 g/mol. The Balaban J connectivity index is 1.87. The van der Waals surface area contributed by atoms with Gasteiger partial charge in [-0.3, -0.25) is 9.97 Å². The van der Waals surface area contributed by atoms with Crippen LogP contribution in [0.5, 0.6) is 5.75 Å². The lowest BCUT2D eigenvalue weighted by Crippen LogP contribution is -2.43. The van der Waals surface area contributed by atoms with E-state index in [4.69, 9.17) is 22.1 Å². The van der Waals surface area contributed by atoms with E-state index >= 15 is 0 Å². The molecule has 2 N–H and O–H groups in total. The number of hydrogen-bond donors (Lipinski definition) is 1. The van der Waals surface area contributed by atoms with Crippen molar-refractivity contribution < 1.29 is 4.74 Å². The third kappa shape index (κ3) is 4.76. The molecule has 2 heterocycles. The second-order valence-electron chi connectivity index (χ2n) is 7.90. The van der Waals surface area contributed by atoms with Crippen LogP contribution < -0.4 is 10.5 Å². The van der Waals surface area contributed by atoms with Crippen LogP contribution in [0.2, 0.25) is 5.02 Å². The topological polar surface area (TPSA) is 61.0 Å². The van der Waals surface area contributed by atoms with Crippen LogP contribution in [-0.2, 0) is 0 Å². The van der Waals surface area contributed by atoms with Crippen molar-refractivity contribution in [1.29, 1.82) is 0 Å². The second kappa shape index (κ2) is 7.83. The lowest BCUT2D eigenvalue weighted by Gasteiger charge is -2.27. The summed E-state index contributed by atoms with van der Waals surface area (Å²) in [6, 6.07) is 9.67. The molecular weight excluding hydrogens is 358 g/mol. The summed E-state index contributed by atoms with van der Waals surface area (Å²) >= 11 is 6.17. The van der Waals surface area contributed by atoms with Crippen molar-refractivity contribution in [2.75, 3.05) is 6.61 Å². The van der Waals surface area contributed by atoms with E-state index in [1.54, 1.807) is 12.4 Å². The van der Waals surface area contributed by atoms with Gasteiger partial charge in [-0.15, -0.1) is 0 Å². The zero-order valence-electron chi connectivity index (χ0n) is 16.3. The fraction of sp³-hybridized carbons (Fsp3) is 0.364. The average Bonchev–Trinajstić information content (AvgIpc) is 2.59. The van der Waals surface area contributed by atoms with Crippen molar-refractivity contribution in [2.24, 2.45) is 11.7 Å². The first kappa shape index (κ1) is 19.6. The third-order valence-corrected chi connectivity index (χ3v) is 4.71. The van der Waals surface area contributed by atoms with E-state index in [-0.39, 0.29) is 5.54 Å². The minimum atomic E-state index is -0.364. The highest BCUT2D eigenvalue weighted by molar-refractivity contribution is 6.31. The van der Waals surface area contributed by atoms with Crippen LogP contribution in [0.4, 0.5) is 0 Å². The van der Waals surface area contributed by atoms with Gasteiger partial charge >= 0.3 is 0 Å². The first-order chi connectivity index (χ1) is 12.7. The number of benzene rings is 1. The summed E-state index contributed by atoms with van der Waals surface area (Å²) in [6.07, 6.45) is 4.47. The van der Waals surface area contributed by atoms with Gasteiger partial charge in [-0.25, -0.2) is 0 Å². The van der Waals surface area contributed by atoms with Gasteiger partial charge in [0, 0.05) is 27.7 Å². The van der Waals surface area contributed by atoms with E-state index in [1.807, 2.05) is 44.2 Å². The Hall–Kier alpha value is -2.17. The zero-order chi connectivity index (χ0) is 19.6. The molecule has 0 unspecified atom stereocenters. The predicted octanol–water partition coefficient (Wildman–Crippen LogP) is 5.40. The van der Waals surface area contributed by atoms with E-state index in [9.17, 15) is 0 Å². The van der Waals surface area contributed by atoms with E-state index in [0.717, 1.165) is 39.9 Å². The molecule has 4 nitrogen and oxygen atoms in total. The molecule has 0 aliphatic rings. The number of nitrogens with zero attached hydrogens (tertiary/aromatic N) is 2. The Labute approximate surface area is 165 Å². The molecule has 142 valence electrons. The maximum Gasteiger partial charge on any atom is 0.140 e. The average molecular weight is 384 g/mol. The highest BCUT2D eigenvalue weighted by Gasteiger charge is 2.21. The van der Waals surface area contributed by atoms with Gasteiger partial charge in [-0.05, 0) is 62.1 Å².